The number of para-hydroxylation sites is 1. The van der Waals surface area contributed by atoms with Crippen molar-refractivity contribution in [2.75, 3.05) is 10.0 Å². The van der Waals surface area contributed by atoms with Crippen molar-refractivity contribution in [2.45, 2.75) is 11.1 Å². The normalized spacial score (nSPS) is 11.7. The number of carbonyl (C=O) groups is 1. The Bertz CT molecular complexity index is 1180. The Kier molecular flexibility index (Phi) is 6.04. The Hall–Kier alpha value is -3.04. The summed E-state index contributed by atoms with van der Waals surface area (Å²) in [5.41, 5.74) is -0.538. The average Bonchev–Trinajstić information content (AvgIpc) is 2.69. The standard InChI is InChI=1S/C20H14ClF3N2O3S/c21-17-6-1-2-7-18(17)26-30(28,29)16-5-3-4-15(12-16)25-19(27)13-8-10-14(11-9-13)20(22,23)24/h1-12,26H,(H,25,27). The lowest BCUT2D eigenvalue weighted by molar-refractivity contribution is -0.137. The molecule has 1 amide bonds. The highest BCUT2D eigenvalue weighted by molar-refractivity contribution is 7.92. The minimum Gasteiger partial charge on any atom is -0.322 e. The minimum atomic E-state index is -4.51. The number of sulfonamides is 1. The number of rotatable bonds is 5. The third-order valence-electron chi connectivity index (χ3n) is 3.99. The largest absolute Gasteiger partial charge is 0.416 e. The fourth-order valence-electron chi connectivity index (χ4n) is 2.50. The van der Waals surface area contributed by atoms with Crippen molar-refractivity contribution < 1.29 is 26.4 Å². The van der Waals surface area contributed by atoms with Crippen LogP contribution in [0.25, 0.3) is 0 Å². The molecule has 0 saturated heterocycles. The molecule has 0 aliphatic rings. The molecule has 0 atom stereocenters. The first-order valence-electron chi connectivity index (χ1n) is 8.42. The van der Waals surface area contributed by atoms with Crippen LogP contribution in [0, 0.1) is 0 Å². The van der Waals surface area contributed by atoms with Crippen molar-refractivity contribution in [3.8, 4) is 0 Å². The molecule has 0 aliphatic carbocycles. The molecule has 0 saturated carbocycles. The van der Waals surface area contributed by atoms with Gasteiger partial charge in [0.1, 0.15) is 0 Å². The first-order valence-corrected chi connectivity index (χ1v) is 10.3. The molecule has 0 aromatic heterocycles. The lowest BCUT2D eigenvalue weighted by Crippen LogP contribution is -2.15. The van der Waals surface area contributed by atoms with Crippen LogP contribution in [0.4, 0.5) is 24.5 Å². The van der Waals surface area contributed by atoms with Gasteiger partial charge < -0.3 is 5.32 Å². The summed E-state index contributed by atoms with van der Waals surface area (Å²) in [5, 5.41) is 2.68. The third-order valence-corrected chi connectivity index (χ3v) is 5.69. The Balaban J connectivity index is 1.78. The van der Waals surface area contributed by atoms with Crippen LogP contribution in [0.15, 0.2) is 77.7 Å². The van der Waals surface area contributed by atoms with Crippen LogP contribution in [0.5, 0.6) is 0 Å². The molecule has 0 aliphatic heterocycles. The number of hydrogen-bond acceptors (Lipinski definition) is 3. The van der Waals surface area contributed by atoms with Gasteiger partial charge in [-0.3, -0.25) is 9.52 Å². The Morgan fingerprint density at radius 1 is 0.900 bits per heavy atom. The number of nitrogens with one attached hydrogen (secondary N) is 2. The SMILES string of the molecule is O=C(Nc1cccc(S(=O)(=O)Nc2ccccc2Cl)c1)c1ccc(C(F)(F)F)cc1. The topological polar surface area (TPSA) is 75.3 Å². The first-order chi connectivity index (χ1) is 14.1. The average molecular weight is 455 g/mol. The molecule has 2 N–H and O–H groups in total. The molecule has 0 bridgehead atoms. The van der Waals surface area contributed by atoms with E-state index in [0.717, 1.165) is 24.3 Å². The molecular weight excluding hydrogens is 441 g/mol. The van der Waals surface area contributed by atoms with Crippen LogP contribution in [-0.2, 0) is 16.2 Å². The summed E-state index contributed by atoms with van der Waals surface area (Å²) in [7, 11) is -3.99. The molecule has 3 aromatic rings. The van der Waals surface area contributed by atoms with E-state index < -0.39 is 27.7 Å². The number of amides is 1. The molecule has 0 fully saturated rings. The smallest absolute Gasteiger partial charge is 0.322 e. The fourth-order valence-corrected chi connectivity index (χ4v) is 3.87. The maximum Gasteiger partial charge on any atom is 0.416 e. The van der Waals surface area contributed by atoms with E-state index in [1.165, 1.54) is 36.4 Å². The van der Waals surface area contributed by atoms with Crippen LogP contribution in [0.3, 0.4) is 0 Å². The van der Waals surface area contributed by atoms with Gasteiger partial charge in [0, 0.05) is 11.3 Å². The van der Waals surface area contributed by atoms with Crippen molar-refractivity contribution >= 4 is 38.9 Å². The van der Waals surface area contributed by atoms with Crippen molar-refractivity contribution in [1.82, 2.24) is 0 Å². The Labute approximate surface area is 175 Å². The molecule has 5 nitrogen and oxygen atoms in total. The predicted molar refractivity (Wildman–Crippen MR) is 108 cm³/mol. The molecule has 10 heteroatoms. The predicted octanol–water partition coefficient (Wildman–Crippen LogP) is 5.41. The van der Waals surface area contributed by atoms with E-state index in [-0.39, 0.29) is 26.9 Å². The molecule has 30 heavy (non-hydrogen) atoms. The first kappa shape index (κ1) is 21.7. The third kappa shape index (κ3) is 5.11. The van der Waals surface area contributed by atoms with E-state index in [1.54, 1.807) is 12.1 Å². The molecule has 3 aromatic carbocycles. The van der Waals surface area contributed by atoms with Gasteiger partial charge in [-0.05, 0) is 54.6 Å². The van der Waals surface area contributed by atoms with Gasteiger partial charge >= 0.3 is 6.18 Å². The zero-order chi connectivity index (χ0) is 21.9. The van der Waals surface area contributed by atoms with Crippen LogP contribution in [-0.4, -0.2) is 14.3 Å². The summed E-state index contributed by atoms with van der Waals surface area (Å²) < 4.78 is 65.5. The summed E-state index contributed by atoms with van der Waals surface area (Å²) in [6.07, 6.45) is -4.51. The number of halogens is 4. The lowest BCUT2D eigenvalue weighted by Gasteiger charge is -2.11. The Morgan fingerprint density at radius 2 is 1.57 bits per heavy atom. The second-order valence-electron chi connectivity index (χ2n) is 6.14. The van der Waals surface area contributed by atoms with E-state index in [4.69, 9.17) is 11.6 Å². The highest BCUT2D eigenvalue weighted by Gasteiger charge is 2.30. The van der Waals surface area contributed by atoms with Gasteiger partial charge in [-0.25, -0.2) is 8.42 Å². The molecular formula is C20H14ClF3N2O3S. The molecule has 0 spiro atoms. The van der Waals surface area contributed by atoms with Crippen molar-refractivity contribution in [2.24, 2.45) is 0 Å². The maximum atomic E-state index is 12.6. The number of hydrogen-bond donors (Lipinski definition) is 2. The van der Waals surface area contributed by atoms with Gasteiger partial charge in [-0.15, -0.1) is 0 Å². The lowest BCUT2D eigenvalue weighted by atomic mass is 10.1. The zero-order valence-corrected chi connectivity index (χ0v) is 16.6. The van der Waals surface area contributed by atoms with E-state index >= 15 is 0 Å². The van der Waals surface area contributed by atoms with Gasteiger partial charge in [0.25, 0.3) is 15.9 Å². The van der Waals surface area contributed by atoms with Crippen LogP contribution >= 0.6 is 11.6 Å². The van der Waals surface area contributed by atoms with Gasteiger partial charge in [0.15, 0.2) is 0 Å². The van der Waals surface area contributed by atoms with E-state index in [2.05, 4.69) is 10.0 Å². The maximum absolute atomic E-state index is 12.6. The fraction of sp³-hybridized carbons (Fsp3) is 0.0500. The molecule has 0 radical (unpaired) electrons. The number of benzene rings is 3. The van der Waals surface area contributed by atoms with Crippen LogP contribution < -0.4 is 10.0 Å². The van der Waals surface area contributed by atoms with E-state index in [9.17, 15) is 26.4 Å². The van der Waals surface area contributed by atoms with E-state index in [1.807, 2.05) is 0 Å². The highest BCUT2D eigenvalue weighted by Crippen LogP contribution is 2.29. The van der Waals surface area contributed by atoms with Gasteiger partial charge in [0.2, 0.25) is 0 Å². The van der Waals surface area contributed by atoms with Gasteiger partial charge in [-0.2, -0.15) is 13.2 Å². The second-order valence-corrected chi connectivity index (χ2v) is 8.23. The van der Waals surface area contributed by atoms with Crippen molar-refractivity contribution in [3.63, 3.8) is 0 Å². The number of anilines is 2. The van der Waals surface area contributed by atoms with E-state index in [0.29, 0.717) is 0 Å². The monoisotopic (exact) mass is 454 g/mol. The molecule has 3 rings (SSSR count). The summed E-state index contributed by atoms with van der Waals surface area (Å²) in [5.74, 6) is -0.683. The Morgan fingerprint density at radius 3 is 2.20 bits per heavy atom. The van der Waals surface area contributed by atoms with Crippen molar-refractivity contribution in [3.05, 3.63) is 88.9 Å². The molecule has 0 unspecified atom stereocenters. The summed E-state index contributed by atoms with van der Waals surface area (Å²) >= 11 is 5.97. The van der Waals surface area contributed by atoms with Crippen molar-refractivity contribution in [1.29, 1.82) is 0 Å². The molecule has 0 heterocycles. The number of carbonyl (C=O) groups excluding carboxylic acids is 1. The molecule has 156 valence electrons. The van der Waals surface area contributed by atoms with Crippen LogP contribution in [0.2, 0.25) is 5.02 Å². The van der Waals surface area contributed by atoms with Gasteiger partial charge in [-0.1, -0.05) is 29.8 Å². The zero-order valence-electron chi connectivity index (χ0n) is 15.1. The summed E-state index contributed by atoms with van der Waals surface area (Å²) in [6.45, 7) is 0. The highest BCUT2D eigenvalue weighted by atomic mass is 35.5. The summed E-state index contributed by atoms with van der Waals surface area (Å²) in [6, 6.07) is 15.4. The summed E-state index contributed by atoms with van der Waals surface area (Å²) in [4.78, 5) is 12.2. The number of alkyl halides is 3. The second kappa shape index (κ2) is 8.37. The van der Waals surface area contributed by atoms with Crippen LogP contribution in [0.1, 0.15) is 15.9 Å². The minimum absolute atomic E-state index is 0.00884. The quantitative estimate of drug-likeness (QED) is 0.541. The van der Waals surface area contributed by atoms with Gasteiger partial charge in [0.05, 0.1) is 21.2 Å².